The maximum atomic E-state index is 13.4. The number of rotatable bonds is 8. The molecule has 4 aromatic carbocycles. The van der Waals surface area contributed by atoms with Crippen LogP contribution in [0.15, 0.2) is 108 Å². The van der Waals surface area contributed by atoms with E-state index in [-0.39, 0.29) is 11.8 Å². The van der Waals surface area contributed by atoms with E-state index >= 15 is 0 Å². The van der Waals surface area contributed by atoms with Crippen LogP contribution in [0, 0.1) is 6.92 Å². The Bertz CT molecular complexity index is 1310. The number of nitrogens with one attached hydrogen (secondary N) is 2. The number of amides is 2. The van der Waals surface area contributed by atoms with Crippen LogP contribution >= 0.6 is 11.8 Å². The largest absolute Gasteiger partial charge is 0.495 e. The number of hydrogen-bond donors (Lipinski definition) is 2. The Morgan fingerprint density at radius 2 is 1.51 bits per heavy atom. The summed E-state index contributed by atoms with van der Waals surface area (Å²) in [6.45, 7) is 1.98. The standard InChI is InChI=1S/C29H26N2O3S/c1-20-15-17-22(18-16-20)28(32)30-23-11-8-12-24(19-23)35-27(21-9-4-3-5-10-21)29(33)31-25-13-6-7-14-26(25)34-2/h3-19,27H,1-2H3,(H,30,32)(H,31,33). The van der Waals surface area contributed by atoms with Crippen LogP contribution in [0.4, 0.5) is 11.4 Å². The molecule has 0 aromatic heterocycles. The molecule has 176 valence electrons. The summed E-state index contributed by atoms with van der Waals surface area (Å²) >= 11 is 1.42. The molecule has 0 heterocycles. The minimum absolute atomic E-state index is 0.167. The first-order valence-corrected chi connectivity index (χ1v) is 12.0. The molecule has 0 aliphatic heterocycles. The summed E-state index contributed by atoms with van der Waals surface area (Å²) < 4.78 is 5.38. The van der Waals surface area contributed by atoms with E-state index < -0.39 is 5.25 Å². The second-order valence-electron chi connectivity index (χ2n) is 7.95. The topological polar surface area (TPSA) is 67.4 Å². The van der Waals surface area contributed by atoms with Gasteiger partial charge in [-0.3, -0.25) is 9.59 Å². The fourth-order valence-corrected chi connectivity index (χ4v) is 4.62. The minimum atomic E-state index is -0.510. The number of methoxy groups -OCH3 is 1. The maximum absolute atomic E-state index is 13.4. The average molecular weight is 483 g/mol. The number of carbonyl (C=O) groups is 2. The lowest BCUT2D eigenvalue weighted by Gasteiger charge is -2.18. The van der Waals surface area contributed by atoms with Crippen LogP contribution < -0.4 is 15.4 Å². The molecular weight excluding hydrogens is 456 g/mol. The number of hydrogen-bond acceptors (Lipinski definition) is 4. The van der Waals surface area contributed by atoms with Gasteiger partial charge in [-0.2, -0.15) is 0 Å². The quantitative estimate of drug-likeness (QED) is 0.273. The summed E-state index contributed by atoms with van der Waals surface area (Å²) in [5.41, 5.74) is 3.84. The van der Waals surface area contributed by atoms with Crippen molar-refractivity contribution in [1.82, 2.24) is 0 Å². The van der Waals surface area contributed by atoms with Crippen LogP contribution in [0.3, 0.4) is 0 Å². The number of para-hydroxylation sites is 2. The highest BCUT2D eigenvalue weighted by molar-refractivity contribution is 8.00. The predicted octanol–water partition coefficient (Wildman–Crippen LogP) is 6.73. The average Bonchev–Trinajstić information content (AvgIpc) is 2.88. The van der Waals surface area contributed by atoms with Crippen LogP contribution in [0.5, 0.6) is 5.75 Å². The van der Waals surface area contributed by atoms with Gasteiger partial charge in [0.25, 0.3) is 5.91 Å². The van der Waals surface area contributed by atoms with E-state index in [1.165, 1.54) is 11.8 Å². The van der Waals surface area contributed by atoms with Crippen LogP contribution in [0.2, 0.25) is 0 Å². The highest BCUT2D eigenvalue weighted by Gasteiger charge is 2.23. The molecule has 0 radical (unpaired) electrons. The second kappa shape index (κ2) is 11.4. The third-order valence-corrected chi connectivity index (χ3v) is 6.61. The van der Waals surface area contributed by atoms with E-state index in [0.29, 0.717) is 22.7 Å². The van der Waals surface area contributed by atoms with Crippen molar-refractivity contribution in [3.05, 3.63) is 120 Å². The van der Waals surface area contributed by atoms with Crippen molar-refractivity contribution in [2.75, 3.05) is 17.7 Å². The molecule has 0 spiro atoms. The SMILES string of the molecule is COc1ccccc1NC(=O)C(Sc1cccc(NC(=O)c2ccc(C)cc2)c1)c1ccccc1. The zero-order chi connectivity index (χ0) is 24.6. The van der Waals surface area contributed by atoms with E-state index in [1.54, 1.807) is 25.3 Å². The van der Waals surface area contributed by atoms with Crippen LogP contribution in [-0.4, -0.2) is 18.9 Å². The third-order valence-electron chi connectivity index (χ3n) is 5.36. The summed E-state index contributed by atoms with van der Waals surface area (Å²) in [5.74, 6) is 0.249. The number of anilines is 2. The Morgan fingerprint density at radius 1 is 0.800 bits per heavy atom. The van der Waals surface area contributed by atoms with Gasteiger partial charge in [-0.15, -0.1) is 11.8 Å². The van der Waals surface area contributed by atoms with Crippen molar-refractivity contribution in [3.63, 3.8) is 0 Å². The fourth-order valence-electron chi connectivity index (χ4n) is 3.54. The Morgan fingerprint density at radius 3 is 2.26 bits per heavy atom. The van der Waals surface area contributed by atoms with Gasteiger partial charge in [0.2, 0.25) is 5.91 Å². The Balaban J connectivity index is 1.55. The number of benzene rings is 4. The molecule has 0 fully saturated rings. The molecule has 1 atom stereocenters. The molecular formula is C29H26N2O3S. The summed E-state index contributed by atoms with van der Waals surface area (Å²) in [4.78, 5) is 26.9. The lowest BCUT2D eigenvalue weighted by Crippen LogP contribution is -2.19. The van der Waals surface area contributed by atoms with Crippen LogP contribution in [-0.2, 0) is 4.79 Å². The van der Waals surface area contributed by atoms with Gasteiger partial charge in [-0.1, -0.05) is 66.2 Å². The third kappa shape index (κ3) is 6.31. The van der Waals surface area contributed by atoms with E-state index in [2.05, 4.69) is 10.6 Å². The van der Waals surface area contributed by atoms with E-state index in [1.807, 2.05) is 91.9 Å². The number of aryl methyl sites for hydroxylation is 1. The summed E-state index contributed by atoms with van der Waals surface area (Å²) in [6, 6.07) is 31.9. The van der Waals surface area contributed by atoms with Crippen molar-refractivity contribution in [2.45, 2.75) is 17.1 Å². The highest BCUT2D eigenvalue weighted by Crippen LogP contribution is 2.38. The minimum Gasteiger partial charge on any atom is -0.495 e. The molecule has 6 heteroatoms. The molecule has 0 aliphatic rings. The molecule has 0 saturated heterocycles. The molecule has 5 nitrogen and oxygen atoms in total. The Hall–Kier alpha value is -4.03. The lowest BCUT2D eigenvalue weighted by molar-refractivity contribution is -0.115. The first kappa shape index (κ1) is 24.1. The Kier molecular flexibility index (Phi) is 7.85. The first-order valence-electron chi connectivity index (χ1n) is 11.2. The van der Waals surface area contributed by atoms with Crippen molar-refractivity contribution >= 4 is 35.0 Å². The molecule has 2 N–H and O–H groups in total. The highest BCUT2D eigenvalue weighted by atomic mass is 32.2. The Labute approximate surface area is 209 Å². The van der Waals surface area contributed by atoms with Crippen molar-refractivity contribution < 1.29 is 14.3 Å². The predicted molar refractivity (Wildman–Crippen MR) is 142 cm³/mol. The zero-order valence-electron chi connectivity index (χ0n) is 19.5. The number of carbonyl (C=O) groups excluding carboxylic acids is 2. The first-order chi connectivity index (χ1) is 17.0. The molecule has 0 aliphatic carbocycles. The molecule has 35 heavy (non-hydrogen) atoms. The summed E-state index contributed by atoms with van der Waals surface area (Å²) in [7, 11) is 1.57. The van der Waals surface area contributed by atoms with Crippen molar-refractivity contribution in [1.29, 1.82) is 0 Å². The van der Waals surface area contributed by atoms with Gasteiger partial charge in [-0.25, -0.2) is 0 Å². The normalized spacial score (nSPS) is 11.4. The fraction of sp³-hybridized carbons (Fsp3) is 0.103. The van der Waals surface area contributed by atoms with Gasteiger partial charge >= 0.3 is 0 Å². The van der Waals surface area contributed by atoms with Gasteiger partial charge in [-0.05, 0) is 55.0 Å². The van der Waals surface area contributed by atoms with Crippen LogP contribution in [0.25, 0.3) is 0 Å². The second-order valence-corrected chi connectivity index (χ2v) is 9.12. The van der Waals surface area contributed by atoms with Gasteiger partial charge in [0, 0.05) is 16.1 Å². The van der Waals surface area contributed by atoms with Gasteiger partial charge in [0.05, 0.1) is 12.8 Å². The molecule has 4 rings (SSSR count). The molecule has 0 saturated carbocycles. The monoisotopic (exact) mass is 482 g/mol. The van der Waals surface area contributed by atoms with Gasteiger partial charge in [0.15, 0.2) is 0 Å². The molecule has 1 unspecified atom stereocenters. The number of thioether (sulfide) groups is 1. The van der Waals surface area contributed by atoms with Crippen molar-refractivity contribution in [3.8, 4) is 5.75 Å². The smallest absolute Gasteiger partial charge is 0.255 e. The molecule has 4 aromatic rings. The van der Waals surface area contributed by atoms with Gasteiger partial charge in [0.1, 0.15) is 11.0 Å². The van der Waals surface area contributed by atoms with E-state index in [4.69, 9.17) is 4.74 Å². The molecule has 2 amide bonds. The number of ether oxygens (including phenoxy) is 1. The maximum Gasteiger partial charge on any atom is 0.255 e. The van der Waals surface area contributed by atoms with Crippen LogP contribution in [0.1, 0.15) is 26.7 Å². The zero-order valence-corrected chi connectivity index (χ0v) is 20.3. The van der Waals surface area contributed by atoms with E-state index in [9.17, 15) is 9.59 Å². The summed E-state index contributed by atoms with van der Waals surface area (Å²) in [6.07, 6.45) is 0. The van der Waals surface area contributed by atoms with Gasteiger partial charge < -0.3 is 15.4 Å². The molecule has 0 bridgehead atoms. The lowest BCUT2D eigenvalue weighted by atomic mass is 10.1. The summed E-state index contributed by atoms with van der Waals surface area (Å²) in [5, 5.41) is 5.43. The van der Waals surface area contributed by atoms with E-state index in [0.717, 1.165) is 16.0 Å². The van der Waals surface area contributed by atoms with Crippen molar-refractivity contribution in [2.24, 2.45) is 0 Å².